The van der Waals surface area contributed by atoms with E-state index in [0.717, 1.165) is 10.9 Å². The summed E-state index contributed by atoms with van der Waals surface area (Å²) in [7, 11) is 1.66. The van der Waals surface area contributed by atoms with Crippen molar-refractivity contribution in [3.8, 4) is 0 Å². The third-order valence-electron chi connectivity index (χ3n) is 4.69. The molecule has 0 atom stereocenters. The third-order valence-corrected chi connectivity index (χ3v) is 4.69. The van der Waals surface area contributed by atoms with Gasteiger partial charge in [0.25, 0.3) is 5.91 Å². The number of fused-ring (bicyclic) bond motifs is 1. The molecule has 0 radical (unpaired) electrons. The number of hydrogen-bond donors (Lipinski definition) is 1. The van der Waals surface area contributed by atoms with Gasteiger partial charge in [-0.3, -0.25) is 9.59 Å². The van der Waals surface area contributed by atoms with Gasteiger partial charge in [-0.15, -0.1) is 0 Å². The summed E-state index contributed by atoms with van der Waals surface area (Å²) in [5.74, 6) is -1.12. The highest BCUT2D eigenvalue weighted by molar-refractivity contribution is 6.07. The van der Waals surface area contributed by atoms with Crippen molar-refractivity contribution in [3.63, 3.8) is 0 Å². The van der Waals surface area contributed by atoms with Gasteiger partial charge in [-0.25, -0.2) is 0 Å². The lowest BCUT2D eigenvalue weighted by Gasteiger charge is -2.30. The number of likely N-dealkylation sites (tertiary alicyclic amines) is 1. The Bertz CT molecular complexity index is 745. The lowest BCUT2D eigenvalue weighted by Crippen LogP contribution is -2.40. The molecule has 1 saturated heterocycles. The zero-order valence-corrected chi connectivity index (χ0v) is 13.8. The highest BCUT2D eigenvalue weighted by Gasteiger charge is 2.28. The van der Waals surface area contributed by atoms with Crippen molar-refractivity contribution in [2.45, 2.75) is 19.4 Å². The van der Waals surface area contributed by atoms with Crippen molar-refractivity contribution in [3.05, 3.63) is 36.0 Å². The summed E-state index contributed by atoms with van der Waals surface area (Å²) in [5.41, 5.74) is 1.69. The summed E-state index contributed by atoms with van der Waals surface area (Å²) >= 11 is 0. The predicted octanol–water partition coefficient (Wildman–Crippen LogP) is 2.22. The maximum absolute atomic E-state index is 12.9. The van der Waals surface area contributed by atoms with E-state index in [4.69, 9.17) is 9.84 Å². The number of carboxylic acid groups (broad SMARTS) is 1. The largest absolute Gasteiger partial charge is 0.481 e. The van der Waals surface area contributed by atoms with Crippen molar-refractivity contribution < 1.29 is 19.4 Å². The third kappa shape index (κ3) is 3.14. The molecule has 0 spiro atoms. The Morgan fingerprint density at radius 1 is 1.25 bits per heavy atom. The van der Waals surface area contributed by atoms with Crippen LogP contribution in [0.2, 0.25) is 0 Å². The van der Waals surface area contributed by atoms with Gasteiger partial charge in [0.05, 0.1) is 18.1 Å². The Morgan fingerprint density at radius 3 is 2.62 bits per heavy atom. The highest BCUT2D eigenvalue weighted by Crippen LogP contribution is 2.25. The van der Waals surface area contributed by atoms with Crippen molar-refractivity contribution in [2.75, 3.05) is 26.8 Å². The number of methoxy groups -OCH3 is 1. The number of nitrogens with zero attached hydrogens (tertiary/aromatic N) is 2. The second kappa shape index (κ2) is 7.05. The second-order valence-corrected chi connectivity index (χ2v) is 6.15. The van der Waals surface area contributed by atoms with E-state index in [0.29, 0.717) is 44.6 Å². The fourth-order valence-corrected chi connectivity index (χ4v) is 3.29. The number of benzene rings is 1. The maximum Gasteiger partial charge on any atom is 0.306 e. The molecule has 24 heavy (non-hydrogen) atoms. The van der Waals surface area contributed by atoms with Crippen LogP contribution < -0.4 is 0 Å². The van der Waals surface area contributed by atoms with Crippen LogP contribution in [0.15, 0.2) is 30.5 Å². The van der Waals surface area contributed by atoms with Gasteiger partial charge in [0, 0.05) is 43.8 Å². The topological polar surface area (TPSA) is 71.8 Å². The summed E-state index contributed by atoms with van der Waals surface area (Å²) < 4.78 is 7.18. The van der Waals surface area contributed by atoms with Gasteiger partial charge < -0.3 is 19.3 Å². The van der Waals surface area contributed by atoms with E-state index in [1.165, 1.54) is 0 Å². The molecule has 0 saturated carbocycles. The van der Waals surface area contributed by atoms with Crippen LogP contribution in [0.3, 0.4) is 0 Å². The monoisotopic (exact) mass is 330 g/mol. The summed E-state index contributed by atoms with van der Waals surface area (Å²) in [5, 5.41) is 10.0. The number of rotatable bonds is 5. The van der Waals surface area contributed by atoms with E-state index in [1.807, 2.05) is 35.0 Å². The molecule has 128 valence electrons. The maximum atomic E-state index is 12.9. The van der Waals surface area contributed by atoms with E-state index < -0.39 is 5.97 Å². The lowest BCUT2D eigenvalue weighted by atomic mass is 9.96. The minimum atomic E-state index is -0.765. The second-order valence-electron chi connectivity index (χ2n) is 6.15. The first-order chi connectivity index (χ1) is 11.6. The van der Waals surface area contributed by atoms with E-state index in [1.54, 1.807) is 12.0 Å². The standard InChI is InChI=1S/C18H22N2O4/c1-24-11-10-20-12-15(14-4-2-3-5-16(14)20)17(21)19-8-6-13(7-9-19)18(22)23/h2-5,12-13H,6-11H2,1H3,(H,22,23). The van der Waals surface area contributed by atoms with Gasteiger partial charge in [0.2, 0.25) is 0 Å². The number of carbonyl (C=O) groups excluding carboxylic acids is 1. The van der Waals surface area contributed by atoms with Crippen molar-refractivity contribution in [1.82, 2.24) is 9.47 Å². The number of aliphatic carboxylic acids is 1. The van der Waals surface area contributed by atoms with Crippen LogP contribution in [0.1, 0.15) is 23.2 Å². The highest BCUT2D eigenvalue weighted by atomic mass is 16.5. The average molecular weight is 330 g/mol. The predicted molar refractivity (Wildman–Crippen MR) is 90.1 cm³/mol. The Labute approximate surface area is 140 Å². The summed E-state index contributed by atoms with van der Waals surface area (Å²) in [6.45, 7) is 2.25. The first-order valence-corrected chi connectivity index (χ1v) is 8.20. The molecule has 0 aliphatic carbocycles. The number of amides is 1. The molecular weight excluding hydrogens is 308 g/mol. The van der Waals surface area contributed by atoms with Crippen molar-refractivity contribution >= 4 is 22.8 Å². The van der Waals surface area contributed by atoms with Gasteiger partial charge in [-0.1, -0.05) is 18.2 Å². The van der Waals surface area contributed by atoms with Crippen LogP contribution in [0.5, 0.6) is 0 Å². The van der Waals surface area contributed by atoms with Crippen molar-refractivity contribution in [2.24, 2.45) is 5.92 Å². The van der Waals surface area contributed by atoms with Gasteiger partial charge in [-0.2, -0.15) is 0 Å². The Morgan fingerprint density at radius 2 is 1.96 bits per heavy atom. The number of aromatic nitrogens is 1. The quantitative estimate of drug-likeness (QED) is 0.912. The fourth-order valence-electron chi connectivity index (χ4n) is 3.29. The van der Waals surface area contributed by atoms with Gasteiger partial charge in [0.15, 0.2) is 0 Å². The lowest BCUT2D eigenvalue weighted by molar-refractivity contribution is -0.143. The Balaban J connectivity index is 1.84. The summed E-state index contributed by atoms with van der Waals surface area (Å²) in [4.78, 5) is 25.7. The molecule has 1 aromatic heterocycles. The molecule has 2 aromatic rings. The van der Waals surface area contributed by atoms with Crippen LogP contribution in [-0.2, 0) is 16.1 Å². The summed E-state index contributed by atoms with van der Waals surface area (Å²) in [6, 6.07) is 7.84. The minimum absolute atomic E-state index is 0.0220. The molecule has 1 N–H and O–H groups in total. The fraction of sp³-hybridized carbons (Fsp3) is 0.444. The molecule has 1 aromatic carbocycles. The molecule has 3 rings (SSSR count). The molecule has 1 aliphatic heterocycles. The molecule has 1 fully saturated rings. The smallest absolute Gasteiger partial charge is 0.306 e. The first kappa shape index (κ1) is 16.5. The molecular formula is C18H22N2O4. The van der Waals surface area contributed by atoms with Crippen LogP contribution >= 0.6 is 0 Å². The van der Waals surface area contributed by atoms with Crippen molar-refractivity contribution in [1.29, 1.82) is 0 Å². The molecule has 1 aliphatic rings. The van der Waals surface area contributed by atoms with Gasteiger partial charge in [0.1, 0.15) is 0 Å². The number of carboxylic acids is 1. The van der Waals surface area contributed by atoms with E-state index in [2.05, 4.69) is 0 Å². The summed E-state index contributed by atoms with van der Waals surface area (Å²) in [6.07, 6.45) is 2.92. The van der Waals surface area contributed by atoms with Crippen LogP contribution in [0, 0.1) is 5.92 Å². The number of hydrogen-bond acceptors (Lipinski definition) is 3. The molecule has 6 heteroatoms. The van der Waals surface area contributed by atoms with Crippen LogP contribution in [-0.4, -0.2) is 53.3 Å². The Hall–Kier alpha value is -2.34. The molecule has 0 unspecified atom stereocenters. The SMILES string of the molecule is COCCn1cc(C(=O)N2CCC(C(=O)O)CC2)c2ccccc21. The van der Waals surface area contributed by atoms with Crippen LogP contribution in [0.25, 0.3) is 10.9 Å². The number of ether oxygens (including phenoxy) is 1. The molecule has 1 amide bonds. The van der Waals surface area contributed by atoms with Gasteiger partial charge in [-0.05, 0) is 18.9 Å². The Kier molecular flexibility index (Phi) is 4.85. The van der Waals surface area contributed by atoms with E-state index in [-0.39, 0.29) is 11.8 Å². The zero-order valence-electron chi connectivity index (χ0n) is 13.8. The van der Waals surface area contributed by atoms with E-state index >= 15 is 0 Å². The normalized spacial score (nSPS) is 15.8. The van der Waals surface area contributed by atoms with Crippen LogP contribution in [0.4, 0.5) is 0 Å². The minimum Gasteiger partial charge on any atom is -0.481 e. The first-order valence-electron chi connectivity index (χ1n) is 8.20. The van der Waals surface area contributed by atoms with Gasteiger partial charge >= 0.3 is 5.97 Å². The zero-order chi connectivity index (χ0) is 17.1. The number of carbonyl (C=O) groups is 2. The number of piperidine rings is 1. The molecule has 6 nitrogen and oxygen atoms in total. The van der Waals surface area contributed by atoms with E-state index in [9.17, 15) is 9.59 Å². The average Bonchev–Trinajstić information content (AvgIpc) is 2.98. The molecule has 2 heterocycles. The molecule has 0 bridgehead atoms. The number of para-hydroxylation sites is 1.